The zero-order chi connectivity index (χ0) is 28.8. The third kappa shape index (κ3) is 6.54. The van der Waals surface area contributed by atoms with Crippen molar-refractivity contribution in [1.82, 2.24) is 4.90 Å². The van der Waals surface area contributed by atoms with Crippen molar-refractivity contribution in [3.05, 3.63) is 94.6 Å². The Morgan fingerprint density at radius 2 is 1.68 bits per heavy atom. The van der Waals surface area contributed by atoms with Crippen LogP contribution in [0.5, 0.6) is 0 Å². The molecular formula is C35H38N4O2. The molecular weight excluding hydrogens is 508 g/mol. The lowest BCUT2D eigenvalue weighted by atomic mass is 9.90. The molecule has 2 aliphatic heterocycles. The molecule has 0 aromatic heterocycles. The van der Waals surface area contributed by atoms with Crippen LogP contribution in [0.15, 0.2) is 82.3 Å². The summed E-state index contributed by atoms with van der Waals surface area (Å²) in [5, 5.41) is 0. The summed E-state index contributed by atoms with van der Waals surface area (Å²) in [6, 6.07) is 22.0. The van der Waals surface area contributed by atoms with E-state index in [2.05, 4.69) is 36.0 Å². The predicted octanol–water partition coefficient (Wildman–Crippen LogP) is 6.78. The maximum Gasteiger partial charge on any atom is 0.250 e. The number of rotatable bonds is 10. The lowest BCUT2D eigenvalue weighted by Crippen LogP contribution is -2.34. The highest BCUT2D eigenvalue weighted by Crippen LogP contribution is 2.33. The SMILES string of the molecule is CCCN(CCC)C(=O)C1=Cc2ccc(-c3ccc4c(c3)C=NC(CCCc3ccccc3)C4=O)cc2N=C(N)C1. The van der Waals surface area contributed by atoms with Gasteiger partial charge in [-0.05, 0) is 67.0 Å². The van der Waals surface area contributed by atoms with Crippen LogP contribution in [-0.2, 0) is 11.2 Å². The van der Waals surface area contributed by atoms with Crippen LogP contribution in [0.4, 0.5) is 5.69 Å². The highest BCUT2D eigenvalue weighted by atomic mass is 16.2. The third-order valence-corrected chi connectivity index (χ3v) is 7.68. The molecule has 0 spiro atoms. The highest BCUT2D eigenvalue weighted by molar-refractivity contribution is 6.10. The number of carbonyl (C=O) groups is 2. The van der Waals surface area contributed by atoms with E-state index in [1.165, 1.54) is 5.56 Å². The van der Waals surface area contributed by atoms with Crippen LogP contribution >= 0.6 is 0 Å². The summed E-state index contributed by atoms with van der Waals surface area (Å²) in [6.45, 7) is 5.62. The van der Waals surface area contributed by atoms with Crippen LogP contribution in [-0.4, -0.2) is 47.8 Å². The molecule has 0 bridgehead atoms. The number of amides is 1. The molecule has 1 unspecified atom stereocenters. The number of amidine groups is 1. The Kier molecular flexibility index (Phi) is 8.88. The second-order valence-electron chi connectivity index (χ2n) is 10.9. The van der Waals surface area contributed by atoms with Gasteiger partial charge in [0.2, 0.25) is 5.91 Å². The van der Waals surface area contributed by atoms with Crippen molar-refractivity contribution in [2.24, 2.45) is 15.7 Å². The zero-order valence-corrected chi connectivity index (χ0v) is 24.0. The molecule has 2 N–H and O–H groups in total. The van der Waals surface area contributed by atoms with E-state index in [1.54, 1.807) is 0 Å². The second kappa shape index (κ2) is 12.9. The maximum atomic E-state index is 13.3. The van der Waals surface area contributed by atoms with Gasteiger partial charge in [0, 0.05) is 48.0 Å². The van der Waals surface area contributed by atoms with Crippen LogP contribution in [0.2, 0.25) is 0 Å². The molecule has 5 rings (SSSR count). The number of ketones is 1. The molecule has 0 radical (unpaired) electrons. The van der Waals surface area contributed by atoms with Gasteiger partial charge in [-0.2, -0.15) is 0 Å². The van der Waals surface area contributed by atoms with E-state index in [1.807, 2.05) is 71.8 Å². The Labute approximate surface area is 242 Å². The lowest BCUT2D eigenvalue weighted by Gasteiger charge is -2.22. The molecule has 1 amide bonds. The predicted molar refractivity (Wildman–Crippen MR) is 168 cm³/mol. The van der Waals surface area contributed by atoms with Gasteiger partial charge in [0.1, 0.15) is 11.9 Å². The Bertz CT molecular complexity index is 1510. The van der Waals surface area contributed by atoms with E-state index >= 15 is 0 Å². The molecule has 3 aromatic rings. The Hall–Kier alpha value is -4.32. The number of nitrogens with zero attached hydrogens (tertiary/aromatic N) is 3. The summed E-state index contributed by atoms with van der Waals surface area (Å²) in [6.07, 6.45) is 8.52. The van der Waals surface area contributed by atoms with Crippen LogP contribution in [0.3, 0.4) is 0 Å². The molecule has 0 aliphatic carbocycles. The Morgan fingerprint density at radius 3 is 2.44 bits per heavy atom. The van der Waals surface area contributed by atoms with Gasteiger partial charge in [-0.3, -0.25) is 14.6 Å². The molecule has 3 aromatic carbocycles. The molecule has 2 aliphatic rings. The largest absolute Gasteiger partial charge is 0.387 e. The average molecular weight is 547 g/mol. The number of aryl methyl sites for hydroxylation is 1. The molecule has 0 saturated carbocycles. The summed E-state index contributed by atoms with van der Waals surface area (Å²) in [4.78, 5) is 37.7. The van der Waals surface area contributed by atoms with Gasteiger partial charge >= 0.3 is 0 Å². The van der Waals surface area contributed by atoms with Crippen molar-refractivity contribution < 1.29 is 9.59 Å². The van der Waals surface area contributed by atoms with Crippen LogP contribution in [0.25, 0.3) is 17.2 Å². The van der Waals surface area contributed by atoms with E-state index in [0.717, 1.165) is 78.7 Å². The van der Waals surface area contributed by atoms with Crippen LogP contribution < -0.4 is 5.73 Å². The standard InChI is InChI=1S/C35H38N4O2/c1-3-17-39(18-4-2)35(41)28-20-27-14-13-26(21-32(27)38-33(36)22-28)25-15-16-30-29(19-25)23-37-31(34(30)40)12-8-11-24-9-6-5-7-10-24/h5-7,9-10,13-16,19-21,23,31H,3-4,8,11-12,17-18,22H2,1-2H3,(H2,36,38). The summed E-state index contributed by atoms with van der Waals surface area (Å²) >= 11 is 0. The van der Waals surface area contributed by atoms with E-state index in [9.17, 15) is 9.59 Å². The van der Waals surface area contributed by atoms with Crippen molar-refractivity contribution in [3.8, 4) is 11.1 Å². The van der Waals surface area contributed by atoms with E-state index in [-0.39, 0.29) is 17.7 Å². The Balaban J connectivity index is 1.33. The number of hydrogen-bond donors (Lipinski definition) is 1. The molecule has 6 nitrogen and oxygen atoms in total. The quantitative estimate of drug-likeness (QED) is 0.304. The fourth-order valence-electron chi connectivity index (χ4n) is 5.61. The van der Waals surface area contributed by atoms with Crippen molar-refractivity contribution in [3.63, 3.8) is 0 Å². The molecule has 41 heavy (non-hydrogen) atoms. The molecule has 210 valence electrons. The molecule has 0 saturated heterocycles. The monoisotopic (exact) mass is 546 g/mol. The van der Waals surface area contributed by atoms with Gasteiger partial charge in [-0.15, -0.1) is 0 Å². The fraction of sp³-hybridized carbons (Fsp3) is 0.314. The highest BCUT2D eigenvalue weighted by Gasteiger charge is 2.25. The van der Waals surface area contributed by atoms with Crippen molar-refractivity contribution in [1.29, 1.82) is 0 Å². The number of fused-ring (bicyclic) bond motifs is 2. The first kappa shape index (κ1) is 28.2. The molecule has 0 fully saturated rings. The Morgan fingerprint density at radius 1 is 0.951 bits per heavy atom. The average Bonchev–Trinajstić information content (AvgIpc) is 3.15. The van der Waals surface area contributed by atoms with Crippen molar-refractivity contribution in [2.45, 2.75) is 58.4 Å². The third-order valence-electron chi connectivity index (χ3n) is 7.68. The maximum absolute atomic E-state index is 13.3. The van der Waals surface area contributed by atoms with Crippen LogP contribution in [0.1, 0.15) is 73.0 Å². The van der Waals surface area contributed by atoms with Gasteiger partial charge in [-0.25, -0.2) is 4.99 Å². The number of carbonyl (C=O) groups excluding carboxylic acids is 2. The van der Waals surface area contributed by atoms with E-state index in [0.29, 0.717) is 17.8 Å². The topological polar surface area (TPSA) is 88.1 Å². The molecule has 2 heterocycles. The lowest BCUT2D eigenvalue weighted by molar-refractivity contribution is -0.127. The first-order chi connectivity index (χ1) is 20.0. The summed E-state index contributed by atoms with van der Waals surface area (Å²) < 4.78 is 0. The van der Waals surface area contributed by atoms with E-state index in [4.69, 9.17) is 5.73 Å². The number of aliphatic imine (C=N–C) groups is 2. The summed E-state index contributed by atoms with van der Waals surface area (Å²) in [5.74, 6) is 0.541. The number of Topliss-reactive ketones (excluding diaryl/α,β-unsaturated/α-hetero) is 1. The fourth-order valence-corrected chi connectivity index (χ4v) is 5.61. The number of benzene rings is 3. The minimum atomic E-state index is -0.323. The van der Waals surface area contributed by atoms with Gasteiger partial charge in [0.15, 0.2) is 5.78 Å². The first-order valence-corrected chi connectivity index (χ1v) is 14.7. The van der Waals surface area contributed by atoms with Gasteiger partial charge in [0.25, 0.3) is 0 Å². The van der Waals surface area contributed by atoms with Gasteiger partial charge in [-0.1, -0.05) is 68.4 Å². The van der Waals surface area contributed by atoms with Crippen LogP contribution in [0, 0.1) is 0 Å². The summed E-state index contributed by atoms with van der Waals surface area (Å²) in [7, 11) is 0. The van der Waals surface area contributed by atoms with Crippen molar-refractivity contribution in [2.75, 3.05) is 13.1 Å². The van der Waals surface area contributed by atoms with E-state index < -0.39 is 0 Å². The zero-order valence-electron chi connectivity index (χ0n) is 24.0. The first-order valence-electron chi connectivity index (χ1n) is 14.7. The molecule has 1 atom stereocenters. The van der Waals surface area contributed by atoms with Gasteiger partial charge in [0.05, 0.1) is 5.69 Å². The minimum Gasteiger partial charge on any atom is -0.387 e. The number of hydrogen-bond acceptors (Lipinski definition) is 5. The molecule has 6 heteroatoms. The minimum absolute atomic E-state index is 0.0285. The normalized spacial score (nSPS) is 15.9. The second-order valence-corrected chi connectivity index (χ2v) is 10.9. The van der Waals surface area contributed by atoms with Crippen molar-refractivity contribution >= 4 is 35.5 Å². The number of nitrogens with two attached hydrogens (primary N) is 1. The summed E-state index contributed by atoms with van der Waals surface area (Å²) in [5.41, 5.74) is 13.4. The smallest absolute Gasteiger partial charge is 0.250 e. The van der Waals surface area contributed by atoms with Gasteiger partial charge < -0.3 is 10.6 Å².